The Hall–Kier alpha value is -1.36. The number of pyridine rings is 1. The van der Waals surface area contributed by atoms with E-state index in [1.54, 1.807) is 13.3 Å². The van der Waals surface area contributed by atoms with Crippen LogP contribution in [0.2, 0.25) is 0 Å². The number of hydrogen-bond acceptors (Lipinski definition) is 3. The summed E-state index contributed by atoms with van der Waals surface area (Å²) in [4.78, 5) is 4.11. The molecule has 88 valence electrons. The maximum absolute atomic E-state index is 5.10. The first-order valence-corrected chi connectivity index (χ1v) is 5.67. The normalized spacial score (nSPS) is 9.62. The molecule has 0 atom stereocenters. The van der Waals surface area contributed by atoms with Crippen LogP contribution in [0.4, 0.5) is 0 Å². The van der Waals surface area contributed by atoms with Crippen molar-refractivity contribution in [3.8, 4) is 5.88 Å². The van der Waals surface area contributed by atoms with Gasteiger partial charge in [-0.2, -0.15) is 0 Å². The fourth-order valence-corrected chi connectivity index (χ4v) is 1.29. The van der Waals surface area contributed by atoms with Gasteiger partial charge in [0, 0.05) is 25.4 Å². The molecule has 1 heterocycles. The lowest BCUT2D eigenvalue weighted by Gasteiger charge is -2.09. The highest BCUT2D eigenvalue weighted by molar-refractivity contribution is 7.80. The SMILES string of the molecule is CCCNC(=S)NCc1ccc(OC)nc1. The first-order chi connectivity index (χ1) is 7.76. The van der Waals surface area contributed by atoms with Crippen LogP contribution in [0.5, 0.6) is 5.88 Å². The molecule has 0 fully saturated rings. The Bertz CT molecular complexity index is 327. The Balaban J connectivity index is 2.33. The van der Waals surface area contributed by atoms with E-state index in [0.717, 1.165) is 18.5 Å². The van der Waals surface area contributed by atoms with E-state index < -0.39 is 0 Å². The summed E-state index contributed by atoms with van der Waals surface area (Å²) in [6.07, 6.45) is 2.83. The predicted molar refractivity (Wildman–Crippen MR) is 68.5 cm³/mol. The van der Waals surface area contributed by atoms with Crippen molar-refractivity contribution in [3.63, 3.8) is 0 Å². The first-order valence-electron chi connectivity index (χ1n) is 5.27. The number of rotatable bonds is 5. The van der Waals surface area contributed by atoms with Crippen molar-refractivity contribution < 1.29 is 4.74 Å². The third-order valence-corrected chi connectivity index (χ3v) is 2.28. The second kappa shape index (κ2) is 7.00. The molecular weight excluding hydrogens is 222 g/mol. The Kier molecular flexibility index (Phi) is 5.56. The highest BCUT2D eigenvalue weighted by atomic mass is 32.1. The third-order valence-electron chi connectivity index (χ3n) is 2.00. The van der Waals surface area contributed by atoms with Crippen LogP contribution in [-0.2, 0) is 6.54 Å². The molecule has 1 aromatic heterocycles. The highest BCUT2D eigenvalue weighted by Crippen LogP contribution is 2.05. The number of ether oxygens (including phenoxy) is 1. The van der Waals surface area contributed by atoms with Crippen LogP contribution in [0.3, 0.4) is 0 Å². The van der Waals surface area contributed by atoms with Crippen LogP contribution in [0.25, 0.3) is 0 Å². The van der Waals surface area contributed by atoms with Gasteiger partial charge in [-0.25, -0.2) is 4.98 Å². The number of thiocarbonyl (C=S) groups is 1. The minimum atomic E-state index is 0.621. The molecule has 1 rings (SSSR count). The van der Waals surface area contributed by atoms with Crippen molar-refractivity contribution in [1.82, 2.24) is 15.6 Å². The topological polar surface area (TPSA) is 46.2 Å². The molecule has 16 heavy (non-hydrogen) atoms. The zero-order valence-electron chi connectivity index (χ0n) is 9.62. The van der Waals surface area contributed by atoms with Gasteiger partial charge in [-0.15, -0.1) is 0 Å². The minimum absolute atomic E-state index is 0.621. The monoisotopic (exact) mass is 239 g/mol. The van der Waals surface area contributed by atoms with Crippen molar-refractivity contribution in [3.05, 3.63) is 23.9 Å². The lowest BCUT2D eigenvalue weighted by Crippen LogP contribution is -2.35. The van der Waals surface area contributed by atoms with Crippen LogP contribution < -0.4 is 15.4 Å². The molecule has 0 radical (unpaired) electrons. The fourth-order valence-electron chi connectivity index (χ4n) is 1.12. The van der Waals surface area contributed by atoms with Crippen molar-refractivity contribution >= 4 is 17.3 Å². The van der Waals surface area contributed by atoms with Gasteiger partial charge in [-0.1, -0.05) is 13.0 Å². The van der Waals surface area contributed by atoms with Crippen LogP contribution in [0.15, 0.2) is 18.3 Å². The van der Waals surface area contributed by atoms with Gasteiger partial charge in [-0.3, -0.25) is 0 Å². The molecule has 0 aromatic carbocycles. The summed E-state index contributed by atoms with van der Waals surface area (Å²) in [6.45, 7) is 3.67. The Morgan fingerprint density at radius 2 is 2.25 bits per heavy atom. The van der Waals surface area contributed by atoms with E-state index in [4.69, 9.17) is 17.0 Å². The van der Waals surface area contributed by atoms with Gasteiger partial charge in [0.05, 0.1) is 7.11 Å². The van der Waals surface area contributed by atoms with Crippen molar-refractivity contribution in [2.45, 2.75) is 19.9 Å². The van der Waals surface area contributed by atoms with Crippen molar-refractivity contribution in [1.29, 1.82) is 0 Å². The molecule has 0 aliphatic rings. The van der Waals surface area contributed by atoms with Gasteiger partial charge >= 0.3 is 0 Å². The Morgan fingerprint density at radius 3 is 2.81 bits per heavy atom. The number of nitrogens with one attached hydrogen (secondary N) is 2. The molecule has 2 N–H and O–H groups in total. The Morgan fingerprint density at radius 1 is 1.44 bits per heavy atom. The van der Waals surface area contributed by atoms with E-state index >= 15 is 0 Å². The maximum Gasteiger partial charge on any atom is 0.212 e. The third kappa shape index (κ3) is 4.44. The molecule has 0 aliphatic heterocycles. The summed E-state index contributed by atoms with van der Waals surface area (Å²) in [5.41, 5.74) is 1.07. The number of nitrogens with zero attached hydrogens (tertiary/aromatic N) is 1. The van der Waals surface area contributed by atoms with E-state index in [1.165, 1.54) is 0 Å². The van der Waals surface area contributed by atoms with Crippen LogP contribution in [0, 0.1) is 0 Å². The van der Waals surface area contributed by atoms with E-state index in [0.29, 0.717) is 17.5 Å². The quantitative estimate of drug-likeness (QED) is 0.762. The summed E-state index contributed by atoms with van der Waals surface area (Å²) in [5.74, 6) is 0.621. The van der Waals surface area contributed by atoms with Gasteiger partial charge in [0.1, 0.15) is 0 Å². The number of methoxy groups -OCH3 is 1. The molecule has 0 saturated carbocycles. The summed E-state index contributed by atoms with van der Waals surface area (Å²) in [5, 5.41) is 6.89. The van der Waals surface area contributed by atoms with Crippen LogP contribution in [0.1, 0.15) is 18.9 Å². The summed E-state index contributed by atoms with van der Waals surface area (Å²) in [6, 6.07) is 3.79. The average Bonchev–Trinajstić information content (AvgIpc) is 2.34. The van der Waals surface area contributed by atoms with Crippen LogP contribution >= 0.6 is 12.2 Å². The summed E-state index contributed by atoms with van der Waals surface area (Å²) >= 11 is 5.10. The molecule has 0 bridgehead atoms. The largest absolute Gasteiger partial charge is 0.481 e. The predicted octanol–water partition coefficient (Wildman–Crippen LogP) is 1.46. The van der Waals surface area contributed by atoms with Gasteiger partial charge in [0.25, 0.3) is 0 Å². The zero-order valence-corrected chi connectivity index (χ0v) is 10.4. The first kappa shape index (κ1) is 12.7. The maximum atomic E-state index is 5.10. The van der Waals surface area contributed by atoms with Gasteiger partial charge in [0.2, 0.25) is 5.88 Å². The van der Waals surface area contributed by atoms with Crippen LogP contribution in [-0.4, -0.2) is 23.8 Å². The molecule has 0 saturated heterocycles. The molecule has 5 heteroatoms. The fraction of sp³-hybridized carbons (Fsp3) is 0.455. The average molecular weight is 239 g/mol. The minimum Gasteiger partial charge on any atom is -0.481 e. The van der Waals surface area contributed by atoms with Gasteiger partial charge in [-0.05, 0) is 24.2 Å². The van der Waals surface area contributed by atoms with E-state index in [9.17, 15) is 0 Å². The standard InChI is InChI=1S/C11H17N3OS/c1-3-6-12-11(16)14-8-9-4-5-10(15-2)13-7-9/h4-5,7H,3,6,8H2,1-2H3,(H2,12,14,16). The smallest absolute Gasteiger partial charge is 0.212 e. The molecule has 0 unspecified atom stereocenters. The Labute approximate surface area is 101 Å². The van der Waals surface area contributed by atoms with E-state index in [2.05, 4.69) is 22.5 Å². The van der Waals surface area contributed by atoms with Gasteiger partial charge in [0.15, 0.2) is 5.11 Å². The van der Waals surface area contributed by atoms with E-state index in [1.807, 2.05) is 12.1 Å². The molecular formula is C11H17N3OS. The van der Waals surface area contributed by atoms with Crippen molar-refractivity contribution in [2.75, 3.05) is 13.7 Å². The summed E-state index contributed by atoms with van der Waals surface area (Å²) < 4.78 is 4.98. The zero-order chi connectivity index (χ0) is 11.8. The van der Waals surface area contributed by atoms with Crippen molar-refractivity contribution in [2.24, 2.45) is 0 Å². The second-order valence-electron chi connectivity index (χ2n) is 3.32. The molecule has 0 aliphatic carbocycles. The van der Waals surface area contributed by atoms with Gasteiger partial charge < -0.3 is 15.4 Å². The lowest BCUT2D eigenvalue weighted by molar-refractivity contribution is 0.397. The highest BCUT2D eigenvalue weighted by Gasteiger charge is 1.97. The second-order valence-corrected chi connectivity index (χ2v) is 3.73. The molecule has 0 amide bonds. The summed E-state index contributed by atoms with van der Waals surface area (Å²) in [7, 11) is 1.60. The lowest BCUT2D eigenvalue weighted by atomic mass is 10.3. The molecule has 1 aromatic rings. The van der Waals surface area contributed by atoms with E-state index in [-0.39, 0.29) is 0 Å². The molecule has 0 spiro atoms. The number of hydrogen-bond donors (Lipinski definition) is 2. The molecule has 4 nitrogen and oxygen atoms in total. The number of aromatic nitrogens is 1.